The van der Waals surface area contributed by atoms with Gasteiger partial charge in [0.25, 0.3) is 5.91 Å². The number of ether oxygens (including phenoxy) is 1. The lowest BCUT2D eigenvalue weighted by atomic mass is 9.92. The van der Waals surface area contributed by atoms with E-state index in [0.29, 0.717) is 11.0 Å². The van der Waals surface area contributed by atoms with Crippen molar-refractivity contribution in [2.24, 2.45) is 0 Å². The van der Waals surface area contributed by atoms with Crippen LogP contribution >= 0.6 is 11.6 Å². The summed E-state index contributed by atoms with van der Waals surface area (Å²) < 4.78 is 5.79. The highest BCUT2D eigenvalue weighted by atomic mass is 35.5. The van der Waals surface area contributed by atoms with Crippen molar-refractivity contribution in [3.05, 3.63) is 52.3 Å². The van der Waals surface area contributed by atoms with Gasteiger partial charge in [-0.05, 0) is 51.7 Å². The molecule has 1 aliphatic rings. The van der Waals surface area contributed by atoms with Crippen LogP contribution < -0.4 is 10.1 Å². The zero-order valence-corrected chi connectivity index (χ0v) is 15.2. The van der Waals surface area contributed by atoms with Crippen LogP contribution in [0.2, 0.25) is 5.02 Å². The Morgan fingerprint density at radius 3 is 2.28 bits per heavy atom. The number of nitrogens with one attached hydrogen (secondary N) is 1. The number of hydrogen-bond acceptors (Lipinski definition) is 4. The quantitative estimate of drug-likeness (QED) is 0.900. The number of carbonyl (C=O) groups excluding carboxylic acids is 1. The number of aryl methyl sites for hydroxylation is 2. The van der Waals surface area contributed by atoms with E-state index in [2.05, 4.69) is 21.4 Å². The van der Waals surface area contributed by atoms with Gasteiger partial charge in [0.05, 0.1) is 17.4 Å². The van der Waals surface area contributed by atoms with Crippen LogP contribution in [0.25, 0.3) is 0 Å². The lowest BCUT2D eigenvalue weighted by Crippen LogP contribution is -2.39. The second kappa shape index (κ2) is 7.83. The van der Waals surface area contributed by atoms with E-state index >= 15 is 0 Å². The maximum Gasteiger partial charge on any atom is 0.316 e. The van der Waals surface area contributed by atoms with Gasteiger partial charge in [-0.1, -0.05) is 28.8 Å². The van der Waals surface area contributed by atoms with Crippen molar-refractivity contribution in [1.29, 1.82) is 0 Å². The maximum absolute atomic E-state index is 12.4. The minimum Gasteiger partial charge on any atom is -0.460 e. The topological polar surface area (TPSA) is 64.1 Å². The molecule has 1 saturated carbocycles. The molecule has 1 fully saturated rings. The molecule has 0 atom stereocenters. The molecule has 1 aromatic carbocycles. The summed E-state index contributed by atoms with van der Waals surface area (Å²) in [6.07, 6.45) is 6.63. The Bertz CT molecular complexity index is 721. The first kappa shape index (κ1) is 17.7. The Hall–Kier alpha value is -2.14. The van der Waals surface area contributed by atoms with Crippen LogP contribution in [0.4, 0.5) is 0 Å². The Kier molecular flexibility index (Phi) is 5.53. The molecule has 1 aliphatic carbocycles. The van der Waals surface area contributed by atoms with E-state index in [9.17, 15) is 4.79 Å². The molecule has 3 rings (SSSR count). The minimum atomic E-state index is -0.00259. The summed E-state index contributed by atoms with van der Waals surface area (Å²) in [5, 5.41) is 3.63. The molecule has 1 amide bonds. The summed E-state index contributed by atoms with van der Waals surface area (Å²) in [5.41, 5.74) is 2.93. The molecule has 0 aliphatic heterocycles. The minimum absolute atomic E-state index is 0.00259. The molecule has 0 radical (unpaired) electrons. The molecule has 132 valence electrons. The molecule has 6 heteroatoms. The fourth-order valence-electron chi connectivity index (χ4n) is 3.21. The van der Waals surface area contributed by atoms with Crippen LogP contribution in [0.5, 0.6) is 6.01 Å². The molecule has 1 N–H and O–H groups in total. The van der Waals surface area contributed by atoms with E-state index in [0.717, 1.165) is 42.4 Å². The first-order chi connectivity index (χ1) is 12.0. The summed E-state index contributed by atoms with van der Waals surface area (Å²) in [6.45, 7) is 4.01. The Morgan fingerprint density at radius 1 is 1.08 bits per heavy atom. The average Bonchev–Trinajstić information content (AvgIpc) is 2.58. The summed E-state index contributed by atoms with van der Waals surface area (Å²) in [4.78, 5) is 20.6. The van der Waals surface area contributed by atoms with Gasteiger partial charge in [-0.3, -0.25) is 4.79 Å². The Morgan fingerprint density at radius 2 is 1.68 bits per heavy atom. The Labute approximate surface area is 152 Å². The third-order valence-electron chi connectivity index (χ3n) is 4.36. The van der Waals surface area contributed by atoms with E-state index in [1.54, 1.807) is 0 Å². The lowest BCUT2D eigenvalue weighted by Gasteiger charge is -2.28. The second-order valence-corrected chi connectivity index (χ2v) is 7.06. The third-order valence-corrected chi connectivity index (χ3v) is 4.56. The number of halogens is 1. The molecule has 2 aromatic rings. The first-order valence-electron chi connectivity index (χ1n) is 8.53. The average molecular weight is 360 g/mol. The van der Waals surface area contributed by atoms with Crippen LogP contribution in [-0.4, -0.2) is 28.0 Å². The van der Waals surface area contributed by atoms with Gasteiger partial charge in [0.2, 0.25) is 0 Å². The normalized spacial score (nSPS) is 20.1. The van der Waals surface area contributed by atoms with Crippen LogP contribution in [0, 0.1) is 13.8 Å². The van der Waals surface area contributed by atoms with E-state index in [-0.39, 0.29) is 18.1 Å². The zero-order valence-electron chi connectivity index (χ0n) is 14.5. The predicted octanol–water partition coefficient (Wildman–Crippen LogP) is 3.87. The van der Waals surface area contributed by atoms with E-state index in [4.69, 9.17) is 16.3 Å². The molecule has 5 nitrogen and oxygen atoms in total. The van der Waals surface area contributed by atoms with Gasteiger partial charge in [0.1, 0.15) is 6.10 Å². The first-order valence-corrected chi connectivity index (χ1v) is 8.91. The maximum atomic E-state index is 12.4. The number of nitrogens with zero attached hydrogens (tertiary/aromatic N) is 2. The van der Waals surface area contributed by atoms with Crippen LogP contribution in [0.3, 0.4) is 0 Å². The molecular weight excluding hydrogens is 338 g/mol. The number of aromatic nitrogens is 2. The van der Waals surface area contributed by atoms with Crippen molar-refractivity contribution in [3.63, 3.8) is 0 Å². The number of benzene rings is 1. The SMILES string of the molecule is Cc1cc(C)cc(C(=O)NC2CCC(Oc3ncc(Cl)cn3)CC2)c1. The van der Waals surface area contributed by atoms with Crippen LogP contribution in [0.1, 0.15) is 47.2 Å². The fourth-order valence-corrected chi connectivity index (χ4v) is 3.31. The lowest BCUT2D eigenvalue weighted by molar-refractivity contribution is 0.0885. The van der Waals surface area contributed by atoms with Crippen molar-refractivity contribution < 1.29 is 9.53 Å². The van der Waals surface area contributed by atoms with Gasteiger partial charge in [0.15, 0.2) is 0 Å². The van der Waals surface area contributed by atoms with Gasteiger partial charge in [-0.15, -0.1) is 0 Å². The Balaban J connectivity index is 1.50. The highest BCUT2D eigenvalue weighted by molar-refractivity contribution is 6.30. The van der Waals surface area contributed by atoms with Crippen LogP contribution in [-0.2, 0) is 0 Å². The standard InChI is InChI=1S/C19H22ClN3O2/c1-12-7-13(2)9-14(8-12)18(24)23-16-3-5-17(6-4-16)25-19-21-10-15(20)11-22-19/h7-11,16-17H,3-6H2,1-2H3,(H,23,24). The summed E-state index contributed by atoms with van der Waals surface area (Å²) >= 11 is 5.77. The van der Waals surface area contributed by atoms with Crippen molar-refractivity contribution >= 4 is 17.5 Å². The van der Waals surface area contributed by atoms with Crippen molar-refractivity contribution in [2.45, 2.75) is 51.7 Å². The third kappa shape index (κ3) is 4.92. The number of amides is 1. The number of hydrogen-bond donors (Lipinski definition) is 1. The monoisotopic (exact) mass is 359 g/mol. The van der Waals surface area contributed by atoms with Gasteiger partial charge >= 0.3 is 6.01 Å². The van der Waals surface area contributed by atoms with E-state index in [1.165, 1.54) is 12.4 Å². The highest BCUT2D eigenvalue weighted by Gasteiger charge is 2.24. The summed E-state index contributed by atoms with van der Waals surface area (Å²) in [7, 11) is 0. The molecule has 0 unspecified atom stereocenters. The van der Waals surface area contributed by atoms with E-state index in [1.807, 2.05) is 26.0 Å². The number of carbonyl (C=O) groups is 1. The van der Waals surface area contributed by atoms with Crippen molar-refractivity contribution in [3.8, 4) is 6.01 Å². The predicted molar refractivity (Wildman–Crippen MR) is 97.1 cm³/mol. The van der Waals surface area contributed by atoms with Crippen molar-refractivity contribution in [2.75, 3.05) is 0 Å². The van der Waals surface area contributed by atoms with Gasteiger partial charge < -0.3 is 10.1 Å². The summed E-state index contributed by atoms with van der Waals surface area (Å²) in [5.74, 6) is -0.00259. The molecule has 0 spiro atoms. The fraction of sp³-hybridized carbons (Fsp3) is 0.421. The highest BCUT2D eigenvalue weighted by Crippen LogP contribution is 2.23. The molecule has 25 heavy (non-hydrogen) atoms. The van der Waals surface area contributed by atoms with Crippen molar-refractivity contribution in [1.82, 2.24) is 15.3 Å². The van der Waals surface area contributed by atoms with Gasteiger partial charge in [-0.25, -0.2) is 9.97 Å². The van der Waals surface area contributed by atoms with Gasteiger partial charge in [0, 0.05) is 11.6 Å². The summed E-state index contributed by atoms with van der Waals surface area (Å²) in [6, 6.07) is 6.45. The zero-order chi connectivity index (χ0) is 17.8. The largest absolute Gasteiger partial charge is 0.460 e. The number of rotatable bonds is 4. The van der Waals surface area contributed by atoms with Crippen LogP contribution in [0.15, 0.2) is 30.6 Å². The molecular formula is C19H22ClN3O2. The molecule has 0 saturated heterocycles. The second-order valence-electron chi connectivity index (χ2n) is 6.63. The smallest absolute Gasteiger partial charge is 0.316 e. The van der Waals surface area contributed by atoms with Gasteiger partial charge in [-0.2, -0.15) is 0 Å². The molecule has 1 aromatic heterocycles. The van der Waals surface area contributed by atoms with E-state index < -0.39 is 0 Å². The molecule has 1 heterocycles. The molecule has 0 bridgehead atoms.